The number of hydrogen-bond acceptors (Lipinski definition) is 11. The first kappa shape index (κ1) is 58.3. The zero-order valence-corrected chi connectivity index (χ0v) is 39.4. The van der Waals surface area contributed by atoms with Crippen molar-refractivity contribution in [1.82, 2.24) is 5.32 Å². The molecule has 8 unspecified atom stereocenters. The van der Waals surface area contributed by atoms with Crippen LogP contribution in [0, 0.1) is 0 Å². The quantitative estimate of drug-likeness (QED) is 0.0174. The van der Waals surface area contributed by atoms with Crippen LogP contribution >= 0.6 is 0 Å². The van der Waals surface area contributed by atoms with Crippen molar-refractivity contribution < 1.29 is 57.0 Å². The van der Waals surface area contributed by atoms with Crippen LogP contribution < -0.4 is 5.32 Å². The van der Waals surface area contributed by atoms with Gasteiger partial charge in [-0.05, 0) is 57.8 Å². The van der Waals surface area contributed by atoms with E-state index in [0.717, 1.165) is 64.2 Å². The van der Waals surface area contributed by atoms with Crippen molar-refractivity contribution in [3.8, 4) is 0 Å². The molecule has 1 aliphatic rings. The maximum absolute atomic E-state index is 13.1. The Morgan fingerprint density at radius 3 is 1.55 bits per heavy atom. The second-order valence-corrected chi connectivity index (χ2v) is 18.2. The zero-order chi connectivity index (χ0) is 45.7. The average molecular weight is 904 g/mol. The molecule has 1 fully saturated rings. The highest BCUT2D eigenvalue weighted by Crippen LogP contribution is 2.26. The maximum Gasteiger partial charge on any atom is 0.397 e. The number of hydrogen-bond donors (Lipinski definition) is 7. The fraction of sp³-hybridized carbons (Fsp3) is 0.854. The Morgan fingerprint density at radius 1 is 0.645 bits per heavy atom. The third-order valence-corrected chi connectivity index (χ3v) is 12.0. The van der Waals surface area contributed by atoms with E-state index in [4.69, 9.17) is 9.47 Å². The zero-order valence-electron chi connectivity index (χ0n) is 38.5. The number of aliphatic hydroxyl groups is 5. The van der Waals surface area contributed by atoms with Gasteiger partial charge in [-0.25, -0.2) is 4.18 Å². The first-order valence-electron chi connectivity index (χ1n) is 24.5. The topological polar surface area (TPSA) is 212 Å². The highest BCUT2D eigenvalue weighted by atomic mass is 32.3. The number of rotatable bonds is 41. The van der Waals surface area contributed by atoms with Crippen molar-refractivity contribution in [3.05, 3.63) is 36.5 Å². The number of carbonyl (C=O) groups is 1. The number of amides is 1. The van der Waals surface area contributed by atoms with E-state index in [1.165, 1.54) is 109 Å². The fourth-order valence-corrected chi connectivity index (χ4v) is 8.10. The molecule has 1 rings (SSSR count). The van der Waals surface area contributed by atoms with Gasteiger partial charge in [0.2, 0.25) is 5.91 Å². The Balaban J connectivity index is 2.48. The molecular formula is C48H89NO12S. The molecular weight excluding hydrogens is 815 g/mol. The number of ether oxygens (including phenoxy) is 2. The lowest BCUT2D eigenvalue weighted by atomic mass is 9.99. The van der Waals surface area contributed by atoms with Crippen LogP contribution in [-0.2, 0) is 28.9 Å². The van der Waals surface area contributed by atoms with Gasteiger partial charge in [0.05, 0.1) is 25.4 Å². The SMILES string of the molecule is CCCCCCC/C=C/CC/C=C/C(O)C(COC1OC(CO)C(O)C(OS(=O)(=O)O)C1O)NC(=O)C(O)CCCCCCCC/C=C\CCCCCCCCCCCCCC. The minimum absolute atomic E-state index is 0.229. The molecule has 0 radical (unpaired) electrons. The number of aliphatic hydroxyl groups excluding tert-OH is 5. The Hall–Kier alpha value is -1.72. The largest absolute Gasteiger partial charge is 0.397 e. The van der Waals surface area contributed by atoms with Crippen molar-refractivity contribution in [2.75, 3.05) is 13.2 Å². The standard InChI is InChI=1S/C48H89NO12S/c1-3-5-7-9-11-13-15-16-17-18-19-20-21-22-23-24-25-27-29-31-33-35-37-42(52)47(55)49-40(41(51)36-34-32-30-28-26-14-12-10-8-6-4-2)39-59-48-45(54)46(61-62(56,57)58)44(53)43(38-50)60-48/h22-23,26,28,34,36,40-46,48,50-54H,3-21,24-25,27,29-33,35,37-39H2,1-2H3,(H,49,55)(H,56,57,58)/b23-22-,28-26+,36-34+. The molecule has 0 spiro atoms. The lowest BCUT2D eigenvalue weighted by molar-refractivity contribution is -0.298. The summed E-state index contributed by atoms with van der Waals surface area (Å²) in [5.74, 6) is -0.718. The van der Waals surface area contributed by atoms with Crippen LogP contribution in [0.1, 0.15) is 200 Å². The summed E-state index contributed by atoms with van der Waals surface area (Å²) in [5, 5.41) is 55.1. The van der Waals surface area contributed by atoms with E-state index < -0.39 is 78.5 Å². The van der Waals surface area contributed by atoms with Crippen molar-refractivity contribution in [3.63, 3.8) is 0 Å². The number of unbranched alkanes of at least 4 members (excludes halogenated alkanes) is 24. The van der Waals surface area contributed by atoms with Crippen molar-refractivity contribution in [1.29, 1.82) is 0 Å². The molecule has 8 atom stereocenters. The molecule has 1 amide bonds. The lowest BCUT2D eigenvalue weighted by Crippen LogP contribution is -2.61. The summed E-state index contributed by atoms with van der Waals surface area (Å²) in [5.41, 5.74) is 0. The van der Waals surface area contributed by atoms with Crippen LogP contribution in [0.3, 0.4) is 0 Å². The monoisotopic (exact) mass is 904 g/mol. The molecule has 13 nitrogen and oxygen atoms in total. The summed E-state index contributed by atoms with van der Waals surface area (Å²) in [7, 11) is -5.12. The van der Waals surface area contributed by atoms with Gasteiger partial charge in [0.1, 0.15) is 30.5 Å². The third kappa shape index (κ3) is 30.4. The van der Waals surface area contributed by atoms with Gasteiger partial charge in [0.25, 0.3) is 0 Å². The number of nitrogens with one attached hydrogen (secondary N) is 1. The first-order valence-corrected chi connectivity index (χ1v) is 25.8. The molecule has 7 N–H and O–H groups in total. The van der Waals surface area contributed by atoms with Gasteiger partial charge >= 0.3 is 10.4 Å². The summed E-state index contributed by atoms with van der Waals surface area (Å²) in [6.45, 7) is 3.17. The minimum Gasteiger partial charge on any atom is -0.394 e. The predicted molar refractivity (Wildman–Crippen MR) is 247 cm³/mol. The van der Waals surface area contributed by atoms with Crippen LogP contribution in [0.5, 0.6) is 0 Å². The van der Waals surface area contributed by atoms with Crippen LogP contribution in [0.2, 0.25) is 0 Å². The second kappa shape index (κ2) is 38.5. The molecule has 1 heterocycles. The molecule has 0 bridgehead atoms. The van der Waals surface area contributed by atoms with Crippen LogP contribution in [-0.4, -0.2) is 107 Å². The van der Waals surface area contributed by atoms with Gasteiger partial charge < -0.3 is 40.3 Å². The van der Waals surface area contributed by atoms with Crippen molar-refractivity contribution in [2.24, 2.45) is 0 Å². The summed E-state index contributed by atoms with van der Waals surface area (Å²) in [4.78, 5) is 13.1. The van der Waals surface area contributed by atoms with Gasteiger partial charge in [0.15, 0.2) is 6.29 Å². The van der Waals surface area contributed by atoms with E-state index in [0.29, 0.717) is 12.8 Å². The summed E-state index contributed by atoms with van der Waals surface area (Å²) in [6.07, 6.45) is 33.9. The van der Waals surface area contributed by atoms with Gasteiger partial charge in [-0.1, -0.05) is 179 Å². The lowest BCUT2D eigenvalue weighted by Gasteiger charge is -2.41. The van der Waals surface area contributed by atoms with Crippen molar-refractivity contribution in [2.45, 2.75) is 249 Å². The third-order valence-electron chi connectivity index (χ3n) is 11.5. The number of carbonyl (C=O) groups excluding carboxylic acids is 1. The summed E-state index contributed by atoms with van der Waals surface area (Å²) < 4.78 is 47.5. The Kier molecular flexibility index (Phi) is 36.2. The molecule has 0 aromatic carbocycles. The molecule has 0 saturated carbocycles. The van der Waals surface area contributed by atoms with E-state index in [1.807, 2.05) is 0 Å². The Bertz CT molecular complexity index is 1260. The number of allylic oxidation sites excluding steroid dienone is 5. The average Bonchev–Trinajstić information content (AvgIpc) is 3.24. The molecule has 1 saturated heterocycles. The normalized spacial score (nSPS) is 21.3. The summed E-state index contributed by atoms with van der Waals surface area (Å²) >= 11 is 0. The highest BCUT2D eigenvalue weighted by Gasteiger charge is 2.48. The van der Waals surface area contributed by atoms with Gasteiger partial charge in [-0.15, -0.1) is 0 Å². The van der Waals surface area contributed by atoms with E-state index in [1.54, 1.807) is 6.08 Å². The van der Waals surface area contributed by atoms with Crippen molar-refractivity contribution >= 4 is 16.3 Å². The Morgan fingerprint density at radius 2 is 1.08 bits per heavy atom. The second-order valence-electron chi connectivity index (χ2n) is 17.2. The van der Waals surface area contributed by atoms with E-state index in [9.17, 15) is 43.3 Å². The smallest absolute Gasteiger partial charge is 0.394 e. The van der Waals surface area contributed by atoms with E-state index in [2.05, 4.69) is 47.7 Å². The van der Waals surface area contributed by atoms with Gasteiger partial charge in [-0.3, -0.25) is 9.35 Å². The van der Waals surface area contributed by atoms with E-state index >= 15 is 0 Å². The molecule has 0 aromatic heterocycles. The van der Waals surface area contributed by atoms with Crippen LogP contribution in [0.25, 0.3) is 0 Å². The van der Waals surface area contributed by atoms with Gasteiger partial charge in [-0.2, -0.15) is 8.42 Å². The molecule has 1 aliphatic heterocycles. The van der Waals surface area contributed by atoms with Crippen LogP contribution in [0.4, 0.5) is 0 Å². The molecule has 0 aliphatic carbocycles. The molecule has 0 aromatic rings. The molecule has 14 heteroatoms. The van der Waals surface area contributed by atoms with E-state index in [-0.39, 0.29) is 6.42 Å². The minimum atomic E-state index is -5.12. The first-order chi connectivity index (χ1) is 29.9. The Labute approximate surface area is 376 Å². The predicted octanol–water partition coefficient (Wildman–Crippen LogP) is 8.86. The van der Waals surface area contributed by atoms with Crippen LogP contribution in [0.15, 0.2) is 36.5 Å². The maximum atomic E-state index is 13.1. The molecule has 62 heavy (non-hydrogen) atoms. The molecule has 364 valence electrons. The van der Waals surface area contributed by atoms with Gasteiger partial charge in [0, 0.05) is 0 Å². The highest BCUT2D eigenvalue weighted by molar-refractivity contribution is 7.80. The fourth-order valence-electron chi connectivity index (χ4n) is 7.59. The summed E-state index contributed by atoms with van der Waals surface area (Å²) in [6, 6.07) is -1.14.